The summed E-state index contributed by atoms with van der Waals surface area (Å²) < 4.78 is 5.73. The zero-order valence-corrected chi connectivity index (χ0v) is 31.9. The molecule has 0 aromatic heterocycles. The van der Waals surface area contributed by atoms with Gasteiger partial charge in [0.25, 0.3) is 0 Å². The smallest absolute Gasteiger partial charge is 0.245 e. The van der Waals surface area contributed by atoms with Crippen LogP contribution in [0.3, 0.4) is 0 Å². The Bertz CT molecular complexity index is 1130. The van der Waals surface area contributed by atoms with Gasteiger partial charge in [0.1, 0.15) is 24.2 Å². The molecule has 0 spiro atoms. The van der Waals surface area contributed by atoms with E-state index in [9.17, 15) is 24.0 Å². The highest BCUT2D eigenvalue weighted by Gasteiger charge is 2.40. The Morgan fingerprint density at radius 2 is 1.49 bits per heavy atom. The third-order valence-corrected chi connectivity index (χ3v) is 10.4. The lowest BCUT2D eigenvalue weighted by Gasteiger charge is -2.39. The first-order valence-electron chi connectivity index (χ1n) is 19.6. The van der Waals surface area contributed by atoms with Gasteiger partial charge in [-0.25, -0.2) is 0 Å². The highest BCUT2D eigenvalue weighted by Crippen LogP contribution is 2.32. The summed E-state index contributed by atoms with van der Waals surface area (Å²) >= 11 is 0. The van der Waals surface area contributed by atoms with E-state index in [0.717, 1.165) is 57.8 Å². The van der Waals surface area contributed by atoms with E-state index in [0.29, 0.717) is 51.4 Å². The Labute approximate surface area is 305 Å². The number of nitrogens with zero attached hydrogens (tertiary/aromatic N) is 2. The molecular weight excluding hydrogens is 652 g/mol. The summed E-state index contributed by atoms with van der Waals surface area (Å²) in [4.78, 5) is 74.1. The Morgan fingerprint density at radius 1 is 0.824 bits per heavy atom. The number of nitrogens with two attached hydrogens (primary N) is 2. The SMILES string of the molecule is CCCC[C@H]1C(=O)N(C)[C@@H](CC(C)C)C(=O)N[C@@H](C2CCCCC2)C(=O)N[C@@H](CN)C(=O)N[C@@H](COCCCN)C(=O)N[C@H](C)CN1CC1CC1. The fraction of sp³-hybridized carbons (Fsp3) is 0.865. The number of hydrogen-bond acceptors (Lipinski definition) is 9. The highest BCUT2D eigenvalue weighted by molar-refractivity contribution is 5.96. The standard InChI is InChI=1S/C37H68N8O6/c1-6-7-14-30-37(50)44(5)31(19-24(2)3)35(48)43-32(27-12-9-8-10-13-27)36(49)41-28(20-39)33(46)42-29(23-51-18-11-17-38)34(47)40-25(4)21-45(30)22-26-15-16-26/h24-32H,6-23,38-39H2,1-5H3,(H,40,47)(H,41,49)(H,42,46)(H,43,48)/t25-,28+,29+,30+,31+,32+/m1/s1. The van der Waals surface area contributed by atoms with Crippen LogP contribution < -0.4 is 32.7 Å². The number of likely N-dealkylation sites (N-methyl/N-ethyl adjacent to an activating group) is 1. The number of rotatable bonds is 14. The number of carbonyl (C=O) groups is 5. The molecule has 292 valence electrons. The van der Waals surface area contributed by atoms with Gasteiger partial charge in [-0.15, -0.1) is 0 Å². The quantitative estimate of drug-likeness (QED) is 0.142. The van der Waals surface area contributed by atoms with Crippen molar-refractivity contribution in [2.75, 3.05) is 46.4 Å². The molecule has 14 nitrogen and oxygen atoms in total. The molecule has 0 aromatic rings. The first kappa shape index (κ1) is 42.6. The Morgan fingerprint density at radius 3 is 2.10 bits per heavy atom. The van der Waals surface area contributed by atoms with Crippen LogP contribution >= 0.6 is 0 Å². The monoisotopic (exact) mass is 721 g/mol. The van der Waals surface area contributed by atoms with Gasteiger partial charge in [-0.1, -0.05) is 52.9 Å². The maximum absolute atomic E-state index is 14.6. The number of amides is 5. The maximum Gasteiger partial charge on any atom is 0.245 e. The predicted octanol–water partition coefficient (Wildman–Crippen LogP) is 1.01. The van der Waals surface area contributed by atoms with Gasteiger partial charge in [-0.05, 0) is 76.2 Å². The molecule has 14 heteroatoms. The third-order valence-electron chi connectivity index (χ3n) is 10.4. The van der Waals surface area contributed by atoms with Crippen LogP contribution in [-0.4, -0.2) is 122 Å². The maximum atomic E-state index is 14.6. The average molecular weight is 721 g/mol. The second kappa shape index (κ2) is 21.7. The van der Waals surface area contributed by atoms with Crippen molar-refractivity contribution >= 4 is 29.5 Å². The summed E-state index contributed by atoms with van der Waals surface area (Å²) in [5.41, 5.74) is 11.7. The molecule has 0 aromatic carbocycles. The van der Waals surface area contributed by atoms with Crippen LogP contribution in [0.25, 0.3) is 0 Å². The fourth-order valence-electron chi connectivity index (χ4n) is 7.29. The fourth-order valence-corrected chi connectivity index (χ4v) is 7.29. The zero-order valence-electron chi connectivity index (χ0n) is 31.9. The normalized spacial score (nSPS) is 28.9. The van der Waals surface area contributed by atoms with E-state index in [-0.39, 0.29) is 42.8 Å². The molecule has 3 aliphatic rings. The molecule has 2 aliphatic carbocycles. The van der Waals surface area contributed by atoms with Gasteiger partial charge in [0.15, 0.2) is 0 Å². The largest absolute Gasteiger partial charge is 0.379 e. The number of nitrogens with one attached hydrogen (secondary N) is 4. The molecule has 8 N–H and O–H groups in total. The van der Waals surface area contributed by atoms with Crippen LogP contribution in [0, 0.1) is 17.8 Å². The molecule has 0 bridgehead atoms. The van der Waals surface area contributed by atoms with Crippen molar-refractivity contribution in [1.82, 2.24) is 31.1 Å². The molecule has 1 saturated heterocycles. The number of unbranched alkanes of at least 4 members (excludes halogenated alkanes) is 1. The van der Waals surface area contributed by atoms with Crippen LogP contribution in [0.5, 0.6) is 0 Å². The van der Waals surface area contributed by atoms with Crippen molar-refractivity contribution in [3.8, 4) is 0 Å². The van der Waals surface area contributed by atoms with E-state index >= 15 is 0 Å². The molecule has 1 aliphatic heterocycles. The van der Waals surface area contributed by atoms with E-state index in [1.165, 1.54) is 0 Å². The second-order valence-corrected chi connectivity index (χ2v) is 15.5. The van der Waals surface area contributed by atoms with Crippen LogP contribution in [0.1, 0.15) is 105 Å². The molecule has 1 heterocycles. The minimum absolute atomic E-state index is 0.0955. The summed E-state index contributed by atoms with van der Waals surface area (Å²) in [6.45, 7) is 9.55. The van der Waals surface area contributed by atoms with Crippen LogP contribution in [0.15, 0.2) is 0 Å². The van der Waals surface area contributed by atoms with Crippen molar-refractivity contribution in [1.29, 1.82) is 0 Å². The van der Waals surface area contributed by atoms with Gasteiger partial charge < -0.3 is 42.4 Å². The van der Waals surface area contributed by atoms with Crippen LogP contribution in [-0.2, 0) is 28.7 Å². The van der Waals surface area contributed by atoms with Crippen molar-refractivity contribution < 1.29 is 28.7 Å². The molecule has 6 atom stereocenters. The molecule has 2 saturated carbocycles. The van der Waals surface area contributed by atoms with Crippen molar-refractivity contribution in [3.63, 3.8) is 0 Å². The molecular formula is C37H68N8O6. The average Bonchev–Trinajstić information content (AvgIpc) is 3.93. The number of hydrogen-bond donors (Lipinski definition) is 6. The summed E-state index contributed by atoms with van der Waals surface area (Å²) in [6, 6.07) is -4.80. The summed E-state index contributed by atoms with van der Waals surface area (Å²) in [5.74, 6) is -1.65. The van der Waals surface area contributed by atoms with Crippen LogP contribution in [0.2, 0.25) is 0 Å². The van der Waals surface area contributed by atoms with E-state index in [4.69, 9.17) is 16.2 Å². The topological polar surface area (TPSA) is 201 Å². The summed E-state index contributed by atoms with van der Waals surface area (Å²) in [5, 5.41) is 11.6. The first-order valence-corrected chi connectivity index (χ1v) is 19.6. The Balaban J connectivity index is 2.06. The van der Waals surface area contributed by atoms with Gasteiger partial charge in [-0.3, -0.25) is 28.9 Å². The van der Waals surface area contributed by atoms with Crippen molar-refractivity contribution in [2.24, 2.45) is 29.2 Å². The Hall–Kier alpha value is -2.81. The van der Waals surface area contributed by atoms with Gasteiger partial charge >= 0.3 is 0 Å². The van der Waals surface area contributed by atoms with E-state index in [2.05, 4.69) is 33.1 Å². The summed E-state index contributed by atoms with van der Waals surface area (Å²) in [7, 11) is 1.70. The van der Waals surface area contributed by atoms with Gasteiger partial charge in [0, 0.05) is 39.3 Å². The highest BCUT2D eigenvalue weighted by atomic mass is 16.5. The minimum atomic E-state index is -1.15. The molecule has 3 fully saturated rings. The Kier molecular flexibility index (Phi) is 18.1. The second-order valence-electron chi connectivity index (χ2n) is 15.5. The van der Waals surface area contributed by atoms with Gasteiger partial charge in [-0.2, -0.15) is 0 Å². The molecule has 51 heavy (non-hydrogen) atoms. The molecule has 0 radical (unpaired) electrons. The zero-order chi connectivity index (χ0) is 37.5. The lowest BCUT2D eigenvalue weighted by Crippen LogP contribution is -2.63. The van der Waals surface area contributed by atoms with Crippen LogP contribution in [0.4, 0.5) is 0 Å². The lowest BCUT2D eigenvalue weighted by molar-refractivity contribution is -0.145. The lowest BCUT2D eigenvalue weighted by atomic mass is 9.83. The molecule has 3 rings (SSSR count). The number of ether oxygens (including phenoxy) is 1. The van der Waals surface area contributed by atoms with E-state index < -0.39 is 47.9 Å². The molecule has 5 amide bonds. The molecule has 0 unspecified atom stereocenters. The first-order chi connectivity index (χ1) is 24.4. The van der Waals surface area contributed by atoms with E-state index in [1.54, 1.807) is 11.9 Å². The van der Waals surface area contributed by atoms with Crippen molar-refractivity contribution in [2.45, 2.75) is 141 Å². The predicted molar refractivity (Wildman–Crippen MR) is 197 cm³/mol. The van der Waals surface area contributed by atoms with Gasteiger partial charge in [0.05, 0.1) is 12.6 Å². The third kappa shape index (κ3) is 13.6. The van der Waals surface area contributed by atoms with E-state index in [1.807, 2.05) is 20.8 Å². The van der Waals surface area contributed by atoms with Gasteiger partial charge in [0.2, 0.25) is 29.5 Å². The summed E-state index contributed by atoms with van der Waals surface area (Å²) in [6.07, 6.45) is 9.92. The minimum Gasteiger partial charge on any atom is -0.379 e. The number of carbonyl (C=O) groups excluding carboxylic acids is 5. The van der Waals surface area contributed by atoms with Crippen molar-refractivity contribution in [3.05, 3.63) is 0 Å².